The van der Waals surface area contributed by atoms with Crippen LogP contribution in [-0.2, 0) is 25.8 Å². The van der Waals surface area contributed by atoms with E-state index in [2.05, 4.69) is 44.5 Å². The molecule has 140 valence electrons. The summed E-state index contributed by atoms with van der Waals surface area (Å²) in [7, 11) is 0. The first kappa shape index (κ1) is 16.9. The van der Waals surface area contributed by atoms with Gasteiger partial charge in [0, 0.05) is 30.5 Å². The zero-order valence-corrected chi connectivity index (χ0v) is 15.5. The van der Waals surface area contributed by atoms with Crippen molar-refractivity contribution in [2.24, 2.45) is 0 Å². The van der Waals surface area contributed by atoms with E-state index < -0.39 is 0 Å². The quantitative estimate of drug-likeness (QED) is 0.766. The summed E-state index contributed by atoms with van der Waals surface area (Å²) >= 11 is 0. The molecule has 0 bridgehead atoms. The van der Waals surface area contributed by atoms with E-state index in [0.717, 1.165) is 36.3 Å². The van der Waals surface area contributed by atoms with E-state index in [1.807, 2.05) is 4.90 Å². The summed E-state index contributed by atoms with van der Waals surface area (Å²) in [5.74, 6) is 0.911. The lowest BCUT2D eigenvalue weighted by Gasteiger charge is -2.29. The van der Waals surface area contributed by atoms with E-state index >= 15 is 0 Å². The number of hydrogen-bond donors (Lipinski definition) is 1. The first-order valence-corrected chi connectivity index (χ1v) is 9.63. The van der Waals surface area contributed by atoms with E-state index in [4.69, 9.17) is 0 Å². The molecule has 3 aromatic rings. The number of hydrogen-bond acceptors (Lipinski definition) is 5. The number of anilines is 1. The normalized spacial score (nSPS) is 15.8. The molecule has 0 radical (unpaired) electrons. The van der Waals surface area contributed by atoms with Crippen LogP contribution in [0.5, 0.6) is 0 Å². The highest BCUT2D eigenvalue weighted by atomic mass is 16.2. The molecular formula is C22H21N5O. The van der Waals surface area contributed by atoms with Crippen LogP contribution in [0.25, 0.3) is 0 Å². The highest BCUT2D eigenvalue weighted by Gasteiger charge is 2.27. The van der Waals surface area contributed by atoms with Crippen LogP contribution in [0.3, 0.4) is 0 Å². The van der Waals surface area contributed by atoms with Crippen molar-refractivity contribution in [2.45, 2.75) is 31.8 Å². The third kappa shape index (κ3) is 3.11. The Morgan fingerprint density at radius 1 is 1.07 bits per heavy atom. The summed E-state index contributed by atoms with van der Waals surface area (Å²) in [5.41, 5.74) is 5.50. The molecule has 6 heteroatoms. The Hall–Kier alpha value is -3.28. The van der Waals surface area contributed by atoms with Crippen molar-refractivity contribution in [3.8, 4) is 0 Å². The van der Waals surface area contributed by atoms with Crippen LogP contribution in [0, 0.1) is 0 Å². The molecule has 6 nitrogen and oxygen atoms in total. The third-order valence-electron chi connectivity index (χ3n) is 5.59. The fourth-order valence-electron chi connectivity index (χ4n) is 4.18. The molecule has 1 aliphatic carbocycles. The number of fused-ring (bicyclic) bond motifs is 2. The molecule has 0 saturated carbocycles. The Morgan fingerprint density at radius 3 is 2.64 bits per heavy atom. The first-order valence-electron chi connectivity index (χ1n) is 9.63. The van der Waals surface area contributed by atoms with Gasteiger partial charge >= 0.3 is 0 Å². The molecule has 28 heavy (non-hydrogen) atoms. The number of aromatic nitrogens is 3. The summed E-state index contributed by atoms with van der Waals surface area (Å²) in [5, 5.41) is 3.63. The molecule has 1 aliphatic heterocycles. The number of amides is 1. The zero-order chi connectivity index (χ0) is 18.9. The van der Waals surface area contributed by atoms with Crippen LogP contribution in [0.1, 0.15) is 32.7 Å². The molecule has 2 aliphatic rings. The highest BCUT2D eigenvalue weighted by Crippen LogP contribution is 2.28. The van der Waals surface area contributed by atoms with Crippen molar-refractivity contribution >= 4 is 11.7 Å². The number of nitrogens with zero attached hydrogens (tertiary/aromatic N) is 4. The predicted molar refractivity (Wildman–Crippen MR) is 106 cm³/mol. The minimum atomic E-state index is -0.00175. The maximum absolute atomic E-state index is 12.7. The molecule has 2 aromatic heterocycles. The van der Waals surface area contributed by atoms with Gasteiger partial charge in [0.2, 0.25) is 0 Å². The Morgan fingerprint density at radius 2 is 1.89 bits per heavy atom. The molecule has 0 spiro atoms. The Labute approximate surface area is 163 Å². The second kappa shape index (κ2) is 7.03. The van der Waals surface area contributed by atoms with E-state index in [9.17, 15) is 4.79 Å². The van der Waals surface area contributed by atoms with Gasteiger partial charge in [0.25, 0.3) is 5.91 Å². The smallest absolute Gasteiger partial charge is 0.255 e. The van der Waals surface area contributed by atoms with Gasteiger partial charge in [0.05, 0.1) is 17.8 Å². The van der Waals surface area contributed by atoms with Crippen LogP contribution in [-0.4, -0.2) is 38.3 Å². The molecular weight excluding hydrogens is 350 g/mol. The van der Waals surface area contributed by atoms with Gasteiger partial charge in [-0.3, -0.25) is 9.78 Å². The number of pyridine rings is 1. The Kier molecular flexibility index (Phi) is 4.24. The van der Waals surface area contributed by atoms with Crippen LogP contribution < -0.4 is 5.32 Å². The predicted octanol–water partition coefficient (Wildman–Crippen LogP) is 2.65. The van der Waals surface area contributed by atoms with Gasteiger partial charge in [-0.05, 0) is 42.5 Å². The maximum Gasteiger partial charge on any atom is 0.255 e. The molecule has 0 fully saturated rings. The topological polar surface area (TPSA) is 71.0 Å². The van der Waals surface area contributed by atoms with Gasteiger partial charge in [0.15, 0.2) is 0 Å². The second-order valence-electron chi connectivity index (χ2n) is 7.38. The van der Waals surface area contributed by atoms with Crippen molar-refractivity contribution < 1.29 is 4.79 Å². The average Bonchev–Trinajstić information content (AvgIpc) is 3.16. The lowest BCUT2D eigenvalue weighted by atomic mass is 10.0. The number of rotatable bonds is 3. The summed E-state index contributed by atoms with van der Waals surface area (Å²) < 4.78 is 0. The second-order valence-corrected chi connectivity index (χ2v) is 7.38. The minimum Gasteiger partial charge on any atom is -0.366 e. The lowest BCUT2D eigenvalue weighted by Crippen LogP contribution is -2.37. The van der Waals surface area contributed by atoms with Crippen molar-refractivity contribution in [3.63, 3.8) is 0 Å². The van der Waals surface area contributed by atoms with E-state index in [1.54, 1.807) is 30.9 Å². The highest BCUT2D eigenvalue weighted by molar-refractivity contribution is 5.94. The van der Waals surface area contributed by atoms with Crippen molar-refractivity contribution in [1.29, 1.82) is 0 Å². The summed E-state index contributed by atoms with van der Waals surface area (Å²) in [6.45, 7) is 1.17. The average molecular weight is 371 g/mol. The monoisotopic (exact) mass is 371 g/mol. The minimum absolute atomic E-state index is 0.00175. The lowest BCUT2D eigenvalue weighted by molar-refractivity contribution is 0.0731. The van der Waals surface area contributed by atoms with Gasteiger partial charge < -0.3 is 10.2 Å². The molecule has 1 aromatic carbocycles. The molecule has 0 saturated heterocycles. The summed E-state index contributed by atoms with van der Waals surface area (Å²) in [6.07, 6.45) is 7.67. The summed E-state index contributed by atoms with van der Waals surface area (Å²) in [6, 6.07) is 12.5. The van der Waals surface area contributed by atoms with Gasteiger partial charge in [-0.15, -0.1) is 0 Å². The zero-order valence-electron chi connectivity index (χ0n) is 15.5. The Bertz CT molecular complexity index is 995. The number of benzene rings is 1. The molecule has 3 heterocycles. The van der Waals surface area contributed by atoms with E-state index in [0.29, 0.717) is 24.7 Å². The molecule has 0 atom stereocenters. The van der Waals surface area contributed by atoms with E-state index in [1.165, 1.54) is 11.1 Å². The maximum atomic E-state index is 12.7. The van der Waals surface area contributed by atoms with Gasteiger partial charge in [-0.2, -0.15) is 0 Å². The number of carbonyl (C=O) groups is 1. The van der Waals surface area contributed by atoms with Crippen molar-refractivity contribution in [3.05, 3.63) is 83.1 Å². The van der Waals surface area contributed by atoms with E-state index in [-0.39, 0.29) is 5.91 Å². The van der Waals surface area contributed by atoms with Crippen LogP contribution in [0.15, 0.2) is 55.1 Å². The van der Waals surface area contributed by atoms with Crippen LogP contribution in [0.2, 0.25) is 0 Å². The standard InChI is InChI=1S/C22H21N5O/c28-22(17-6-3-8-23-12-17)27-9-7-19-20(13-27)24-14-25-21(19)26-18-10-15-4-1-2-5-16(15)11-18/h1-6,8,12,14,18H,7,9-11,13H2,(H,24,25,26). The number of nitrogens with one attached hydrogen (secondary N) is 1. The van der Waals surface area contributed by atoms with Gasteiger partial charge in [-0.25, -0.2) is 9.97 Å². The van der Waals surface area contributed by atoms with Gasteiger partial charge in [-0.1, -0.05) is 24.3 Å². The fraction of sp³-hybridized carbons (Fsp3) is 0.273. The van der Waals surface area contributed by atoms with Crippen molar-refractivity contribution in [1.82, 2.24) is 19.9 Å². The number of carbonyl (C=O) groups excluding carboxylic acids is 1. The van der Waals surface area contributed by atoms with Crippen molar-refractivity contribution in [2.75, 3.05) is 11.9 Å². The molecule has 0 unspecified atom stereocenters. The summed E-state index contributed by atoms with van der Waals surface area (Å²) in [4.78, 5) is 27.6. The fourth-order valence-corrected chi connectivity index (χ4v) is 4.18. The largest absolute Gasteiger partial charge is 0.366 e. The molecule has 1 N–H and O–H groups in total. The van der Waals surface area contributed by atoms with Crippen LogP contribution in [0.4, 0.5) is 5.82 Å². The molecule has 1 amide bonds. The Balaban J connectivity index is 1.32. The van der Waals surface area contributed by atoms with Gasteiger partial charge in [0.1, 0.15) is 12.1 Å². The third-order valence-corrected chi connectivity index (χ3v) is 5.59. The molecule has 5 rings (SSSR count). The van der Waals surface area contributed by atoms with Crippen LogP contribution >= 0.6 is 0 Å². The SMILES string of the molecule is O=C(c1cccnc1)N1CCc2c(ncnc2NC2Cc3ccccc3C2)C1. The first-order chi connectivity index (χ1) is 13.8.